The number of fused-ring (bicyclic) bond motifs is 1. The van der Waals surface area contributed by atoms with Crippen LogP contribution in [0.15, 0.2) is 58.1 Å². The van der Waals surface area contributed by atoms with E-state index in [2.05, 4.69) is 16.3 Å². The van der Waals surface area contributed by atoms with Crippen LogP contribution in [0.1, 0.15) is 12.0 Å². The Labute approximate surface area is 172 Å². The zero-order chi connectivity index (χ0) is 21.7. The molecule has 0 bridgehead atoms. The van der Waals surface area contributed by atoms with Crippen molar-refractivity contribution in [2.45, 2.75) is 13.0 Å². The first-order valence-electron chi connectivity index (χ1n) is 9.21. The van der Waals surface area contributed by atoms with Gasteiger partial charge in [0.2, 0.25) is 11.8 Å². The van der Waals surface area contributed by atoms with E-state index in [9.17, 15) is 19.2 Å². The summed E-state index contributed by atoms with van der Waals surface area (Å²) in [5, 5.41) is 5.75. The number of nitrogens with zero attached hydrogens (tertiary/aromatic N) is 2. The lowest BCUT2D eigenvalue weighted by Gasteiger charge is -2.17. The van der Waals surface area contributed by atoms with E-state index >= 15 is 0 Å². The normalized spacial score (nSPS) is 10.4. The molecule has 0 saturated heterocycles. The Kier molecular flexibility index (Phi) is 6.13. The molecule has 30 heavy (non-hydrogen) atoms. The summed E-state index contributed by atoms with van der Waals surface area (Å²) in [5.74, 6) is 1.76. The summed E-state index contributed by atoms with van der Waals surface area (Å²) in [6.07, 6.45) is 5.29. The summed E-state index contributed by atoms with van der Waals surface area (Å²) in [4.78, 5) is 50.4. The van der Waals surface area contributed by atoms with Crippen molar-refractivity contribution < 1.29 is 9.59 Å². The highest BCUT2D eigenvalue weighted by atomic mass is 16.2. The highest BCUT2D eigenvalue weighted by Crippen LogP contribution is 2.09. The summed E-state index contributed by atoms with van der Waals surface area (Å²) in [7, 11) is 1.49. The number of carbonyl (C=O) groups excluding carboxylic acids is 2. The predicted molar refractivity (Wildman–Crippen MR) is 114 cm³/mol. The molecular formula is C22H20N4O4. The standard InChI is InChI=1S/C22H20N4O4/c1-3-15-7-6-8-16(13-15)23-19(27)14-25(2)20(28)11-12-26-22(30)18-10-5-4-9-17(18)21(29)24-26/h1,4-10,13H,11-12,14H2,2H3,(H,23,27)(H,24,29). The number of benzene rings is 2. The number of likely N-dealkylation sites (N-methyl/N-ethyl adjacent to an activating group) is 1. The van der Waals surface area contributed by atoms with Crippen LogP contribution in [-0.2, 0) is 16.1 Å². The minimum atomic E-state index is -0.403. The molecule has 0 spiro atoms. The van der Waals surface area contributed by atoms with Crippen molar-refractivity contribution in [3.8, 4) is 12.3 Å². The van der Waals surface area contributed by atoms with E-state index in [1.54, 1.807) is 48.5 Å². The Morgan fingerprint density at radius 3 is 2.60 bits per heavy atom. The molecule has 0 atom stereocenters. The van der Waals surface area contributed by atoms with Gasteiger partial charge in [-0.15, -0.1) is 6.42 Å². The largest absolute Gasteiger partial charge is 0.336 e. The fourth-order valence-electron chi connectivity index (χ4n) is 2.99. The van der Waals surface area contributed by atoms with Crippen molar-refractivity contribution in [3.63, 3.8) is 0 Å². The second kappa shape index (κ2) is 8.92. The van der Waals surface area contributed by atoms with Crippen LogP contribution < -0.4 is 16.4 Å². The third-order valence-corrected chi connectivity index (χ3v) is 4.55. The smallest absolute Gasteiger partial charge is 0.273 e. The Bertz CT molecular complexity index is 1270. The van der Waals surface area contributed by atoms with Gasteiger partial charge in [-0.2, -0.15) is 0 Å². The third-order valence-electron chi connectivity index (χ3n) is 4.55. The highest BCUT2D eigenvalue weighted by molar-refractivity contribution is 5.94. The number of terminal acetylenes is 1. The number of aromatic nitrogens is 2. The molecule has 0 unspecified atom stereocenters. The molecule has 3 aromatic rings. The molecule has 8 heteroatoms. The molecular weight excluding hydrogens is 384 g/mol. The van der Waals surface area contributed by atoms with Gasteiger partial charge in [0.25, 0.3) is 11.1 Å². The number of hydrogen-bond acceptors (Lipinski definition) is 4. The number of amides is 2. The Morgan fingerprint density at radius 1 is 1.13 bits per heavy atom. The van der Waals surface area contributed by atoms with Crippen LogP contribution in [0, 0.1) is 12.3 Å². The van der Waals surface area contributed by atoms with Gasteiger partial charge in [-0.05, 0) is 30.3 Å². The maximum atomic E-state index is 12.5. The maximum Gasteiger partial charge on any atom is 0.273 e. The lowest BCUT2D eigenvalue weighted by atomic mass is 10.2. The Hall–Kier alpha value is -4.12. The second-order valence-corrected chi connectivity index (χ2v) is 6.72. The van der Waals surface area contributed by atoms with Crippen LogP contribution in [0.3, 0.4) is 0 Å². The minimum absolute atomic E-state index is 0.00604. The minimum Gasteiger partial charge on any atom is -0.336 e. The van der Waals surface area contributed by atoms with E-state index in [0.717, 1.165) is 4.68 Å². The maximum absolute atomic E-state index is 12.5. The van der Waals surface area contributed by atoms with Gasteiger partial charge in [-0.25, -0.2) is 4.68 Å². The summed E-state index contributed by atoms with van der Waals surface area (Å²) in [6, 6.07) is 13.3. The van der Waals surface area contributed by atoms with E-state index in [1.807, 2.05) is 0 Å². The molecule has 1 aromatic heterocycles. The summed E-state index contributed by atoms with van der Waals surface area (Å²) in [5.41, 5.74) is 0.384. The molecule has 0 radical (unpaired) electrons. The number of aromatic amines is 1. The Morgan fingerprint density at radius 2 is 1.87 bits per heavy atom. The van der Waals surface area contributed by atoms with Crippen LogP contribution in [0.4, 0.5) is 5.69 Å². The number of rotatable bonds is 6. The summed E-state index contributed by atoms with van der Waals surface area (Å²) < 4.78 is 1.11. The molecule has 3 rings (SSSR count). The molecule has 2 amide bonds. The monoisotopic (exact) mass is 404 g/mol. The molecule has 0 saturated carbocycles. The zero-order valence-corrected chi connectivity index (χ0v) is 16.3. The van der Waals surface area contributed by atoms with Crippen molar-refractivity contribution in [1.82, 2.24) is 14.7 Å². The van der Waals surface area contributed by atoms with Gasteiger partial charge in [0.1, 0.15) is 0 Å². The molecule has 0 aliphatic heterocycles. The molecule has 1 heterocycles. The second-order valence-electron chi connectivity index (χ2n) is 6.72. The van der Waals surface area contributed by atoms with Gasteiger partial charge in [0.05, 0.1) is 23.9 Å². The van der Waals surface area contributed by atoms with E-state index in [-0.39, 0.29) is 42.3 Å². The van der Waals surface area contributed by atoms with E-state index < -0.39 is 5.56 Å². The first-order chi connectivity index (χ1) is 14.4. The molecule has 0 aliphatic rings. The van der Waals surface area contributed by atoms with Crippen LogP contribution in [0.2, 0.25) is 0 Å². The quantitative estimate of drug-likeness (QED) is 0.602. The average molecular weight is 404 g/mol. The van der Waals surface area contributed by atoms with E-state index in [0.29, 0.717) is 16.6 Å². The van der Waals surface area contributed by atoms with Crippen LogP contribution >= 0.6 is 0 Å². The first-order valence-corrected chi connectivity index (χ1v) is 9.21. The predicted octanol–water partition coefficient (Wildman–Crippen LogP) is 1.16. The van der Waals surface area contributed by atoms with Crippen LogP contribution in [0.5, 0.6) is 0 Å². The SMILES string of the molecule is C#Cc1cccc(NC(=O)CN(C)C(=O)CCn2[nH]c(=O)c3ccccc3c2=O)c1. The molecule has 2 aromatic carbocycles. The van der Waals surface area contributed by atoms with Gasteiger partial charge in [0.15, 0.2) is 0 Å². The van der Waals surface area contributed by atoms with Gasteiger partial charge in [0, 0.05) is 24.7 Å². The fraction of sp³-hybridized carbons (Fsp3) is 0.182. The fourth-order valence-corrected chi connectivity index (χ4v) is 2.99. The topological polar surface area (TPSA) is 104 Å². The van der Waals surface area contributed by atoms with Crippen molar-refractivity contribution in [2.75, 3.05) is 18.9 Å². The van der Waals surface area contributed by atoms with Gasteiger partial charge in [-0.3, -0.25) is 24.3 Å². The average Bonchev–Trinajstić information content (AvgIpc) is 2.75. The molecule has 152 valence electrons. The number of aryl methyl sites for hydroxylation is 1. The molecule has 0 aliphatic carbocycles. The first kappa shape index (κ1) is 20.6. The van der Waals surface area contributed by atoms with Crippen molar-refractivity contribution in [3.05, 3.63) is 74.8 Å². The zero-order valence-electron chi connectivity index (χ0n) is 16.3. The van der Waals surface area contributed by atoms with E-state index in [4.69, 9.17) is 6.42 Å². The highest BCUT2D eigenvalue weighted by Gasteiger charge is 2.14. The molecule has 8 nitrogen and oxygen atoms in total. The number of anilines is 1. The van der Waals surface area contributed by atoms with Crippen molar-refractivity contribution in [1.29, 1.82) is 0 Å². The Balaban J connectivity index is 1.61. The molecule has 2 N–H and O–H groups in total. The lowest BCUT2D eigenvalue weighted by Crippen LogP contribution is -2.37. The van der Waals surface area contributed by atoms with Gasteiger partial charge in [-0.1, -0.05) is 24.1 Å². The van der Waals surface area contributed by atoms with Gasteiger partial charge < -0.3 is 10.2 Å². The van der Waals surface area contributed by atoms with Crippen molar-refractivity contribution in [2.24, 2.45) is 0 Å². The number of nitrogens with one attached hydrogen (secondary N) is 2. The van der Waals surface area contributed by atoms with E-state index in [1.165, 1.54) is 11.9 Å². The van der Waals surface area contributed by atoms with Gasteiger partial charge >= 0.3 is 0 Å². The number of hydrogen-bond donors (Lipinski definition) is 2. The lowest BCUT2D eigenvalue weighted by molar-refractivity contribution is -0.133. The summed E-state index contributed by atoms with van der Waals surface area (Å²) in [6.45, 7) is -0.170. The van der Waals surface area contributed by atoms with Crippen LogP contribution in [0.25, 0.3) is 10.8 Å². The number of carbonyl (C=O) groups is 2. The summed E-state index contributed by atoms with van der Waals surface area (Å²) >= 11 is 0. The molecule has 0 fully saturated rings. The van der Waals surface area contributed by atoms with Crippen molar-refractivity contribution >= 4 is 28.3 Å². The third kappa shape index (κ3) is 4.64. The van der Waals surface area contributed by atoms with Crippen LogP contribution in [-0.4, -0.2) is 40.1 Å². The number of H-pyrrole nitrogens is 1.